The molecule has 1 aliphatic rings. The summed E-state index contributed by atoms with van der Waals surface area (Å²) in [5, 5.41) is 1.81. The maximum absolute atomic E-state index is 12.4. The zero-order chi connectivity index (χ0) is 18.3. The van der Waals surface area contributed by atoms with E-state index in [0.717, 1.165) is 24.2 Å². The second-order valence-corrected chi connectivity index (χ2v) is 6.93. The summed E-state index contributed by atoms with van der Waals surface area (Å²) in [4.78, 5) is 21.4. The number of hydrogen-bond donors (Lipinski definition) is 1. The molecule has 3 aromatic rings. The van der Waals surface area contributed by atoms with Gasteiger partial charge in [-0.15, -0.1) is 24.5 Å². The van der Waals surface area contributed by atoms with Gasteiger partial charge in [0.15, 0.2) is 0 Å². The Morgan fingerprint density at radius 3 is 2.96 bits per heavy atom. The van der Waals surface area contributed by atoms with Crippen LogP contribution in [-0.4, -0.2) is 22.9 Å². The largest absolute Gasteiger partial charge is 0.573 e. The minimum absolute atomic E-state index is 0.175. The summed E-state index contributed by atoms with van der Waals surface area (Å²) in [5.74, 6) is 0.314. The SMILES string of the molecule is O=c1[nH]c(CN2CCCc3cc(OC(F)(F)F)ccc32)nc2ccsc12. The number of alkyl halides is 3. The Morgan fingerprint density at radius 1 is 1.31 bits per heavy atom. The molecule has 3 heterocycles. The Kier molecular flexibility index (Phi) is 4.10. The van der Waals surface area contributed by atoms with Gasteiger partial charge in [-0.3, -0.25) is 4.79 Å². The number of ether oxygens (including phenoxy) is 1. The molecule has 0 fully saturated rings. The Morgan fingerprint density at radius 2 is 2.15 bits per heavy atom. The van der Waals surface area contributed by atoms with Gasteiger partial charge in [-0.25, -0.2) is 4.98 Å². The van der Waals surface area contributed by atoms with Gasteiger partial charge in [-0.1, -0.05) is 0 Å². The van der Waals surface area contributed by atoms with Gasteiger partial charge in [0, 0.05) is 12.2 Å². The first-order valence-electron chi connectivity index (χ1n) is 7.99. The number of halogens is 3. The number of aryl methyl sites for hydroxylation is 1. The van der Waals surface area contributed by atoms with E-state index in [1.54, 1.807) is 12.1 Å². The van der Waals surface area contributed by atoms with Crippen molar-refractivity contribution in [2.24, 2.45) is 0 Å². The molecular weight excluding hydrogens is 367 g/mol. The first-order valence-corrected chi connectivity index (χ1v) is 8.87. The van der Waals surface area contributed by atoms with Crippen molar-refractivity contribution in [2.75, 3.05) is 11.4 Å². The van der Waals surface area contributed by atoms with Crippen molar-refractivity contribution >= 4 is 27.2 Å². The zero-order valence-corrected chi connectivity index (χ0v) is 14.3. The molecule has 0 unspecified atom stereocenters. The van der Waals surface area contributed by atoms with Crippen LogP contribution in [0.25, 0.3) is 10.2 Å². The number of anilines is 1. The number of nitrogens with zero attached hydrogens (tertiary/aromatic N) is 2. The second kappa shape index (κ2) is 6.31. The van der Waals surface area contributed by atoms with E-state index in [2.05, 4.69) is 14.7 Å². The number of aromatic nitrogens is 2. The number of fused-ring (bicyclic) bond motifs is 2. The van der Waals surface area contributed by atoms with Gasteiger partial charge in [0.1, 0.15) is 16.3 Å². The quantitative estimate of drug-likeness (QED) is 0.749. The number of rotatable bonds is 3. The van der Waals surface area contributed by atoms with Gasteiger partial charge >= 0.3 is 6.36 Å². The summed E-state index contributed by atoms with van der Waals surface area (Å²) in [6, 6.07) is 6.15. The fourth-order valence-electron chi connectivity index (χ4n) is 3.19. The molecule has 0 radical (unpaired) electrons. The van der Waals surface area contributed by atoms with E-state index >= 15 is 0 Å². The highest BCUT2D eigenvalue weighted by Gasteiger charge is 2.31. The van der Waals surface area contributed by atoms with Crippen LogP contribution in [0.1, 0.15) is 17.8 Å². The van der Waals surface area contributed by atoms with Crippen LogP contribution in [0.5, 0.6) is 5.75 Å². The summed E-state index contributed by atoms with van der Waals surface area (Å²) in [5.41, 5.74) is 2.10. The van der Waals surface area contributed by atoms with Crippen molar-refractivity contribution in [3.8, 4) is 5.75 Å². The molecule has 136 valence electrons. The first-order chi connectivity index (χ1) is 12.4. The van der Waals surface area contributed by atoms with E-state index in [-0.39, 0.29) is 11.3 Å². The maximum atomic E-state index is 12.4. The predicted octanol–water partition coefficient (Wildman–Crippen LogP) is 3.84. The highest BCUT2D eigenvalue weighted by atomic mass is 32.1. The number of H-pyrrole nitrogens is 1. The monoisotopic (exact) mass is 381 g/mol. The Hall–Kier alpha value is -2.55. The third-order valence-corrected chi connectivity index (χ3v) is 5.11. The van der Waals surface area contributed by atoms with Gasteiger partial charge in [0.25, 0.3) is 5.56 Å². The molecule has 26 heavy (non-hydrogen) atoms. The van der Waals surface area contributed by atoms with Gasteiger partial charge in [-0.05, 0) is 48.1 Å². The average molecular weight is 381 g/mol. The van der Waals surface area contributed by atoms with E-state index in [9.17, 15) is 18.0 Å². The average Bonchev–Trinajstić information content (AvgIpc) is 3.02. The van der Waals surface area contributed by atoms with Crippen molar-refractivity contribution in [1.82, 2.24) is 9.97 Å². The van der Waals surface area contributed by atoms with Gasteiger partial charge < -0.3 is 14.6 Å². The van der Waals surface area contributed by atoms with Gasteiger partial charge in [-0.2, -0.15) is 0 Å². The van der Waals surface area contributed by atoms with Crippen LogP contribution in [0.3, 0.4) is 0 Å². The van der Waals surface area contributed by atoms with Gasteiger partial charge in [0.2, 0.25) is 0 Å². The third-order valence-electron chi connectivity index (χ3n) is 4.20. The van der Waals surface area contributed by atoms with Crippen LogP contribution in [0.2, 0.25) is 0 Å². The molecule has 2 aromatic heterocycles. The molecule has 4 rings (SSSR count). The lowest BCUT2D eigenvalue weighted by Crippen LogP contribution is -2.30. The standard InChI is InChI=1S/C17H14F3N3O2S/c18-17(19,20)25-11-3-4-13-10(8-11)2-1-6-23(13)9-14-21-12-5-7-26-15(12)16(24)22-14/h3-5,7-8H,1-2,6,9H2,(H,21,22,24). The van der Waals surface area contributed by atoms with Crippen LogP contribution < -0.4 is 15.2 Å². The molecular formula is C17H14F3N3O2S. The predicted molar refractivity (Wildman–Crippen MR) is 92.7 cm³/mol. The molecule has 0 amide bonds. The maximum Gasteiger partial charge on any atom is 0.573 e. The second-order valence-electron chi connectivity index (χ2n) is 6.01. The molecule has 9 heteroatoms. The number of benzene rings is 1. The van der Waals surface area contributed by atoms with Crippen LogP contribution in [0.4, 0.5) is 18.9 Å². The molecule has 0 spiro atoms. The lowest BCUT2D eigenvalue weighted by Gasteiger charge is -2.31. The summed E-state index contributed by atoms with van der Waals surface area (Å²) >= 11 is 1.34. The van der Waals surface area contributed by atoms with Crippen molar-refractivity contribution in [3.05, 3.63) is 51.4 Å². The minimum Gasteiger partial charge on any atom is -0.406 e. The fraction of sp³-hybridized carbons (Fsp3) is 0.294. The van der Waals surface area contributed by atoms with E-state index in [0.29, 0.717) is 29.0 Å². The first kappa shape index (κ1) is 16.9. The summed E-state index contributed by atoms with van der Waals surface area (Å²) in [6.07, 6.45) is -3.23. The third kappa shape index (κ3) is 3.39. The van der Waals surface area contributed by atoms with Crippen molar-refractivity contribution in [3.63, 3.8) is 0 Å². The summed E-state index contributed by atoms with van der Waals surface area (Å²) in [6.45, 7) is 1.12. The number of hydrogen-bond acceptors (Lipinski definition) is 5. The van der Waals surface area contributed by atoms with Gasteiger partial charge in [0.05, 0.1) is 12.1 Å². The van der Waals surface area contributed by atoms with Crippen molar-refractivity contribution in [2.45, 2.75) is 25.7 Å². The van der Waals surface area contributed by atoms with Crippen LogP contribution in [0, 0.1) is 0 Å². The molecule has 1 N–H and O–H groups in total. The normalized spacial score (nSPS) is 14.5. The number of nitrogens with one attached hydrogen (secondary N) is 1. The zero-order valence-electron chi connectivity index (χ0n) is 13.5. The lowest BCUT2D eigenvalue weighted by atomic mass is 10.0. The molecule has 0 bridgehead atoms. The molecule has 0 saturated heterocycles. The Labute approximate surface area is 150 Å². The summed E-state index contributed by atoms with van der Waals surface area (Å²) < 4.78 is 41.8. The fourth-order valence-corrected chi connectivity index (χ4v) is 3.92. The van der Waals surface area contributed by atoms with E-state index in [1.165, 1.54) is 23.5 Å². The van der Waals surface area contributed by atoms with Crippen LogP contribution in [-0.2, 0) is 13.0 Å². The molecule has 5 nitrogen and oxygen atoms in total. The Bertz CT molecular complexity index is 1010. The molecule has 0 aliphatic carbocycles. The van der Waals surface area contributed by atoms with Crippen LogP contribution in [0.15, 0.2) is 34.4 Å². The number of aromatic amines is 1. The van der Waals surface area contributed by atoms with Crippen molar-refractivity contribution < 1.29 is 17.9 Å². The topological polar surface area (TPSA) is 58.2 Å². The smallest absolute Gasteiger partial charge is 0.406 e. The van der Waals surface area contributed by atoms with E-state index in [4.69, 9.17) is 0 Å². The lowest BCUT2D eigenvalue weighted by molar-refractivity contribution is -0.274. The summed E-state index contributed by atoms with van der Waals surface area (Å²) in [7, 11) is 0. The highest BCUT2D eigenvalue weighted by molar-refractivity contribution is 7.17. The van der Waals surface area contributed by atoms with Crippen LogP contribution >= 0.6 is 11.3 Å². The molecule has 1 aromatic carbocycles. The van der Waals surface area contributed by atoms with E-state index in [1.807, 2.05) is 10.3 Å². The van der Waals surface area contributed by atoms with E-state index < -0.39 is 6.36 Å². The Balaban J connectivity index is 1.62. The minimum atomic E-state index is -4.71. The number of thiophene rings is 1. The van der Waals surface area contributed by atoms with Crippen molar-refractivity contribution in [1.29, 1.82) is 0 Å². The molecule has 0 saturated carbocycles. The highest BCUT2D eigenvalue weighted by Crippen LogP contribution is 2.33. The molecule has 1 aliphatic heterocycles. The molecule has 0 atom stereocenters.